The number of aryl methyl sites for hydroxylation is 1. The Morgan fingerprint density at radius 1 is 1.50 bits per heavy atom. The SMILES string of the molecule is CC(=O)NC[C@H]1CN(c2ccc(-n3cncc3C)c(F)c2)C(=O)O1. The number of amides is 2. The van der Waals surface area contributed by atoms with Crippen molar-refractivity contribution >= 4 is 17.7 Å². The predicted molar refractivity (Wildman–Crippen MR) is 84.6 cm³/mol. The molecule has 1 aliphatic rings. The summed E-state index contributed by atoms with van der Waals surface area (Å²) in [6.45, 7) is 3.69. The van der Waals surface area contributed by atoms with Crippen molar-refractivity contribution < 1.29 is 18.7 Å². The van der Waals surface area contributed by atoms with Gasteiger partial charge in [0.1, 0.15) is 11.9 Å². The number of imidazole rings is 1. The van der Waals surface area contributed by atoms with Crippen LogP contribution in [0.25, 0.3) is 5.69 Å². The second-order valence-corrected chi connectivity index (χ2v) is 5.59. The van der Waals surface area contributed by atoms with Gasteiger partial charge in [0.2, 0.25) is 5.91 Å². The molecule has 1 N–H and O–H groups in total. The van der Waals surface area contributed by atoms with E-state index in [1.165, 1.54) is 24.2 Å². The third kappa shape index (κ3) is 3.08. The molecule has 0 unspecified atom stereocenters. The third-order valence-corrected chi connectivity index (χ3v) is 3.78. The summed E-state index contributed by atoms with van der Waals surface area (Å²) in [6.07, 6.45) is 2.15. The third-order valence-electron chi connectivity index (χ3n) is 3.78. The Morgan fingerprint density at radius 2 is 2.29 bits per heavy atom. The van der Waals surface area contributed by atoms with E-state index in [0.717, 1.165) is 5.69 Å². The van der Waals surface area contributed by atoms with Crippen molar-refractivity contribution in [1.82, 2.24) is 14.9 Å². The molecule has 0 saturated carbocycles. The van der Waals surface area contributed by atoms with Gasteiger partial charge in [0.25, 0.3) is 0 Å². The van der Waals surface area contributed by atoms with Crippen LogP contribution in [-0.4, -0.2) is 40.7 Å². The zero-order valence-corrected chi connectivity index (χ0v) is 13.3. The molecule has 7 nitrogen and oxygen atoms in total. The first-order valence-corrected chi connectivity index (χ1v) is 7.47. The highest BCUT2D eigenvalue weighted by Crippen LogP contribution is 2.25. The summed E-state index contributed by atoms with van der Waals surface area (Å²) >= 11 is 0. The number of ether oxygens (including phenoxy) is 1. The lowest BCUT2D eigenvalue weighted by Crippen LogP contribution is -2.33. The monoisotopic (exact) mass is 332 g/mol. The highest BCUT2D eigenvalue weighted by molar-refractivity contribution is 5.90. The summed E-state index contributed by atoms with van der Waals surface area (Å²) in [7, 11) is 0. The number of rotatable bonds is 4. The van der Waals surface area contributed by atoms with E-state index < -0.39 is 18.0 Å². The molecule has 1 fully saturated rings. The van der Waals surface area contributed by atoms with Crippen LogP contribution >= 0.6 is 0 Å². The number of carbonyl (C=O) groups is 2. The van der Waals surface area contributed by atoms with Gasteiger partial charge in [-0.1, -0.05) is 0 Å². The molecule has 2 heterocycles. The van der Waals surface area contributed by atoms with Crippen LogP contribution in [0.2, 0.25) is 0 Å². The van der Waals surface area contributed by atoms with Gasteiger partial charge in [0.05, 0.1) is 30.8 Å². The molecule has 3 rings (SSSR count). The highest BCUT2D eigenvalue weighted by Gasteiger charge is 2.32. The molecule has 0 aliphatic carbocycles. The van der Waals surface area contributed by atoms with Gasteiger partial charge in [0, 0.05) is 18.8 Å². The average molecular weight is 332 g/mol. The molecule has 24 heavy (non-hydrogen) atoms. The number of nitrogens with zero attached hydrogens (tertiary/aromatic N) is 3. The summed E-state index contributed by atoms with van der Waals surface area (Å²) in [4.78, 5) is 28.2. The van der Waals surface area contributed by atoms with Crippen LogP contribution in [0.15, 0.2) is 30.7 Å². The molecule has 0 bridgehead atoms. The molecule has 1 aromatic heterocycles. The topological polar surface area (TPSA) is 76.5 Å². The number of anilines is 1. The van der Waals surface area contributed by atoms with Crippen LogP contribution in [0.3, 0.4) is 0 Å². The first-order valence-electron chi connectivity index (χ1n) is 7.47. The van der Waals surface area contributed by atoms with Gasteiger partial charge in [-0.05, 0) is 25.1 Å². The minimum Gasteiger partial charge on any atom is -0.442 e. The van der Waals surface area contributed by atoms with Gasteiger partial charge in [-0.2, -0.15) is 0 Å². The molecule has 0 spiro atoms. The van der Waals surface area contributed by atoms with Gasteiger partial charge in [-0.15, -0.1) is 0 Å². The summed E-state index contributed by atoms with van der Waals surface area (Å²) in [6, 6.07) is 4.53. The maximum Gasteiger partial charge on any atom is 0.414 e. The number of carbonyl (C=O) groups excluding carboxylic acids is 2. The van der Waals surface area contributed by atoms with Crippen LogP contribution in [-0.2, 0) is 9.53 Å². The smallest absolute Gasteiger partial charge is 0.414 e. The van der Waals surface area contributed by atoms with Crippen LogP contribution in [0.1, 0.15) is 12.6 Å². The lowest BCUT2D eigenvalue weighted by molar-refractivity contribution is -0.119. The molecule has 2 amide bonds. The van der Waals surface area contributed by atoms with Gasteiger partial charge in [0.15, 0.2) is 0 Å². The molecule has 0 radical (unpaired) electrons. The van der Waals surface area contributed by atoms with Crippen molar-refractivity contribution in [2.45, 2.75) is 20.0 Å². The van der Waals surface area contributed by atoms with Crippen LogP contribution < -0.4 is 10.2 Å². The van der Waals surface area contributed by atoms with Crippen LogP contribution in [0, 0.1) is 12.7 Å². The fourth-order valence-corrected chi connectivity index (χ4v) is 2.57. The van der Waals surface area contributed by atoms with Gasteiger partial charge >= 0.3 is 6.09 Å². The normalized spacial score (nSPS) is 17.0. The Kier molecular flexibility index (Phi) is 4.20. The number of cyclic esters (lactones) is 1. The number of aromatic nitrogens is 2. The maximum absolute atomic E-state index is 14.4. The zero-order valence-electron chi connectivity index (χ0n) is 13.3. The molecule has 1 aromatic carbocycles. The highest BCUT2D eigenvalue weighted by atomic mass is 19.1. The number of benzene rings is 1. The molecule has 2 aromatic rings. The van der Waals surface area contributed by atoms with E-state index in [2.05, 4.69) is 10.3 Å². The second-order valence-electron chi connectivity index (χ2n) is 5.59. The summed E-state index contributed by atoms with van der Waals surface area (Å²) in [5.74, 6) is -0.665. The number of hydrogen-bond acceptors (Lipinski definition) is 4. The lowest BCUT2D eigenvalue weighted by Gasteiger charge is -2.15. The number of nitrogens with one attached hydrogen (secondary N) is 1. The standard InChI is InChI=1S/C16H17FN4O3/c1-10-6-18-9-21(10)15-4-3-12(5-14(15)17)20-8-13(24-16(20)23)7-19-11(2)22/h3-6,9,13H,7-8H2,1-2H3,(H,19,22)/t13-/m0/s1. The van der Waals surface area contributed by atoms with Crippen LogP contribution in [0.5, 0.6) is 0 Å². The van der Waals surface area contributed by atoms with Crippen molar-refractivity contribution in [3.05, 3.63) is 42.2 Å². The largest absolute Gasteiger partial charge is 0.442 e. The first kappa shape index (κ1) is 16.0. The molecule has 8 heteroatoms. The summed E-state index contributed by atoms with van der Waals surface area (Å²) < 4.78 is 21.2. The Balaban J connectivity index is 1.78. The van der Waals surface area contributed by atoms with Gasteiger partial charge in [-0.25, -0.2) is 14.2 Å². The zero-order chi connectivity index (χ0) is 17.3. The van der Waals surface area contributed by atoms with E-state index in [4.69, 9.17) is 4.74 Å². The second kappa shape index (κ2) is 6.31. The van der Waals surface area contributed by atoms with Crippen molar-refractivity contribution in [2.75, 3.05) is 18.0 Å². The van der Waals surface area contributed by atoms with Crippen molar-refractivity contribution in [2.24, 2.45) is 0 Å². The maximum atomic E-state index is 14.4. The van der Waals surface area contributed by atoms with Crippen molar-refractivity contribution in [3.8, 4) is 5.69 Å². The minimum atomic E-state index is -0.559. The van der Waals surface area contributed by atoms with E-state index in [-0.39, 0.29) is 19.0 Å². The average Bonchev–Trinajstić information content (AvgIpc) is 3.11. The predicted octanol–water partition coefficient (Wildman–Crippen LogP) is 1.78. The van der Waals surface area contributed by atoms with E-state index in [9.17, 15) is 14.0 Å². The minimum absolute atomic E-state index is 0.199. The van der Waals surface area contributed by atoms with E-state index in [0.29, 0.717) is 11.4 Å². The number of hydrogen-bond donors (Lipinski definition) is 1. The summed E-state index contributed by atoms with van der Waals surface area (Å²) in [5.41, 5.74) is 1.57. The van der Waals surface area contributed by atoms with E-state index in [1.54, 1.807) is 22.9 Å². The fourth-order valence-electron chi connectivity index (χ4n) is 2.57. The Hall–Kier alpha value is -2.90. The molecule has 1 aliphatic heterocycles. The molecule has 1 saturated heterocycles. The Morgan fingerprint density at radius 3 is 2.92 bits per heavy atom. The quantitative estimate of drug-likeness (QED) is 0.926. The summed E-state index contributed by atoms with van der Waals surface area (Å²) in [5, 5.41) is 2.60. The van der Waals surface area contributed by atoms with E-state index >= 15 is 0 Å². The Labute approximate surface area is 138 Å². The van der Waals surface area contributed by atoms with Crippen LogP contribution in [0.4, 0.5) is 14.9 Å². The van der Waals surface area contributed by atoms with Crippen molar-refractivity contribution in [1.29, 1.82) is 0 Å². The number of halogens is 1. The first-order chi connectivity index (χ1) is 11.5. The van der Waals surface area contributed by atoms with E-state index in [1.807, 2.05) is 6.92 Å². The Bertz CT molecular complexity index is 789. The fraction of sp³-hybridized carbons (Fsp3) is 0.312. The lowest BCUT2D eigenvalue weighted by atomic mass is 10.2. The molecule has 1 atom stereocenters. The van der Waals surface area contributed by atoms with Gasteiger partial charge in [-0.3, -0.25) is 9.69 Å². The van der Waals surface area contributed by atoms with Gasteiger partial charge < -0.3 is 14.6 Å². The molecular formula is C16H17FN4O3. The van der Waals surface area contributed by atoms with Crippen molar-refractivity contribution in [3.63, 3.8) is 0 Å². The molecule has 126 valence electrons. The molecular weight excluding hydrogens is 315 g/mol.